The number of hydrogen-bond acceptors (Lipinski definition) is 3. The van der Waals surface area contributed by atoms with Gasteiger partial charge in [-0.15, -0.1) is 0 Å². The molecule has 0 unspecified atom stereocenters. The fourth-order valence-electron chi connectivity index (χ4n) is 7.34. The number of benzene rings is 1. The summed E-state index contributed by atoms with van der Waals surface area (Å²) in [6.45, 7) is 2.25. The van der Waals surface area contributed by atoms with Crippen LogP contribution in [0.15, 0.2) is 18.2 Å². The van der Waals surface area contributed by atoms with Crippen molar-refractivity contribution in [2.75, 3.05) is 0 Å². The summed E-state index contributed by atoms with van der Waals surface area (Å²) in [5, 5.41) is 31.6. The molecule has 3 nitrogen and oxygen atoms in total. The second kappa shape index (κ2) is 4.12. The van der Waals surface area contributed by atoms with Gasteiger partial charge < -0.3 is 15.3 Å². The molecular weight excluding hydrogens is 288 g/mol. The monoisotopic (exact) mass is 314 g/mol. The highest BCUT2D eigenvalue weighted by Gasteiger charge is 2.76. The molecule has 23 heavy (non-hydrogen) atoms. The molecule has 0 aliphatic heterocycles. The van der Waals surface area contributed by atoms with Crippen LogP contribution in [0.3, 0.4) is 0 Å². The molecule has 5 rings (SSSR count). The van der Waals surface area contributed by atoms with Gasteiger partial charge in [-0.2, -0.15) is 0 Å². The summed E-state index contributed by atoms with van der Waals surface area (Å²) < 4.78 is 0. The van der Waals surface area contributed by atoms with Crippen molar-refractivity contribution in [1.82, 2.24) is 0 Å². The summed E-state index contributed by atoms with van der Waals surface area (Å²) in [7, 11) is 0. The van der Waals surface area contributed by atoms with Gasteiger partial charge in [0.25, 0.3) is 0 Å². The van der Waals surface area contributed by atoms with Crippen LogP contribution in [0.4, 0.5) is 0 Å². The fraction of sp³-hybridized carbons (Fsp3) is 0.700. The SMILES string of the molecule is C[C@]12CC[C@@H]3c4ccc(O)cc4CC[C@H]3[C@@]13CC[C@@]2(O)[C@H](O)C3. The first-order valence-electron chi connectivity index (χ1n) is 9.14. The summed E-state index contributed by atoms with van der Waals surface area (Å²) in [5.41, 5.74) is 1.81. The van der Waals surface area contributed by atoms with Crippen LogP contribution in [0.2, 0.25) is 0 Å². The number of rotatable bonds is 0. The molecule has 124 valence electrons. The first-order valence-corrected chi connectivity index (χ1v) is 9.14. The highest BCUT2D eigenvalue weighted by atomic mass is 16.3. The Bertz CT molecular complexity index is 685. The zero-order valence-electron chi connectivity index (χ0n) is 13.8. The van der Waals surface area contributed by atoms with Crippen molar-refractivity contribution in [2.45, 2.75) is 69.5 Å². The standard InChI is InChI=1S/C20H26O3/c1-18-7-6-15-14-4-3-13(21)10-12(14)2-5-16(15)19(18)8-9-20(18,23)17(22)11-19/h3-4,10,15-17,21-23H,2,5-9,11H2,1H3/t15-,16-,17-,18+,19+,20-/m1/s1. The minimum Gasteiger partial charge on any atom is -0.508 e. The quantitative estimate of drug-likeness (QED) is 0.689. The van der Waals surface area contributed by atoms with Crippen LogP contribution in [-0.4, -0.2) is 27.0 Å². The van der Waals surface area contributed by atoms with Crippen molar-refractivity contribution in [3.8, 4) is 5.75 Å². The van der Waals surface area contributed by atoms with Crippen molar-refractivity contribution in [2.24, 2.45) is 16.7 Å². The van der Waals surface area contributed by atoms with E-state index in [4.69, 9.17) is 0 Å². The smallest absolute Gasteiger partial charge is 0.115 e. The second-order valence-electron chi connectivity index (χ2n) is 8.81. The van der Waals surface area contributed by atoms with Gasteiger partial charge in [-0.05, 0) is 85.5 Å². The molecule has 4 aliphatic carbocycles. The lowest BCUT2D eigenvalue weighted by atomic mass is 9.48. The number of fused-ring (bicyclic) bond motifs is 3. The molecule has 0 amide bonds. The van der Waals surface area contributed by atoms with Gasteiger partial charge in [0, 0.05) is 5.41 Å². The van der Waals surface area contributed by atoms with E-state index in [0.29, 0.717) is 17.6 Å². The van der Waals surface area contributed by atoms with Crippen molar-refractivity contribution in [3.63, 3.8) is 0 Å². The molecule has 0 spiro atoms. The molecule has 3 saturated carbocycles. The van der Waals surface area contributed by atoms with Crippen molar-refractivity contribution < 1.29 is 15.3 Å². The van der Waals surface area contributed by atoms with Gasteiger partial charge in [-0.3, -0.25) is 0 Å². The molecule has 0 heterocycles. The number of aliphatic hydroxyl groups excluding tert-OH is 1. The van der Waals surface area contributed by atoms with Gasteiger partial charge in [0.1, 0.15) is 5.75 Å². The van der Waals surface area contributed by atoms with Crippen LogP contribution in [0.1, 0.15) is 62.5 Å². The minimum absolute atomic E-state index is 0.0969. The van der Waals surface area contributed by atoms with Gasteiger partial charge >= 0.3 is 0 Å². The molecule has 4 aliphatic rings. The maximum Gasteiger partial charge on any atom is 0.115 e. The van der Waals surface area contributed by atoms with E-state index < -0.39 is 11.7 Å². The predicted octanol–water partition coefficient (Wildman–Crippen LogP) is 3.11. The van der Waals surface area contributed by atoms with E-state index in [1.54, 1.807) is 0 Å². The number of aryl methyl sites for hydroxylation is 1. The highest BCUT2D eigenvalue weighted by Crippen LogP contribution is 2.77. The van der Waals surface area contributed by atoms with Gasteiger partial charge in [0.15, 0.2) is 0 Å². The summed E-state index contributed by atoms with van der Waals surface area (Å²) in [6, 6.07) is 5.87. The van der Waals surface area contributed by atoms with Crippen LogP contribution in [0, 0.1) is 16.7 Å². The lowest BCUT2D eigenvalue weighted by Crippen LogP contribution is -2.53. The minimum atomic E-state index is -0.868. The average Bonchev–Trinajstić information content (AvgIpc) is 2.86. The average molecular weight is 314 g/mol. The van der Waals surface area contributed by atoms with Crippen LogP contribution in [0.5, 0.6) is 5.75 Å². The molecule has 3 fully saturated rings. The highest BCUT2D eigenvalue weighted by molar-refractivity contribution is 5.41. The third-order valence-corrected chi connectivity index (χ3v) is 8.52. The Labute approximate surface area is 137 Å². The van der Waals surface area contributed by atoms with Gasteiger partial charge in [0.05, 0.1) is 11.7 Å². The van der Waals surface area contributed by atoms with E-state index >= 15 is 0 Å². The molecule has 1 aromatic carbocycles. The third-order valence-electron chi connectivity index (χ3n) is 8.52. The molecule has 2 bridgehead atoms. The molecule has 0 radical (unpaired) electrons. The largest absolute Gasteiger partial charge is 0.508 e. The zero-order chi connectivity index (χ0) is 16.0. The summed E-state index contributed by atoms with van der Waals surface area (Å²) in [6.07, 6.45) is 6.27. The van der Waals surface area contributed by atoms with Crippen LogP contribution < -0.4 is 0 Å². The molecule has 0 aromatic heterocycles. The number of phenols is 1. The molecule has 3 heteroatoms. The number of aliphatic hydroxyl groups is 2. The van der Waals surface area contributed by atoms with Crippen LogP contribution >= 0.6 is 0 Å². The Balaban J connectivity index is 1.63. The lowest BCUT2D eigenvalue weighted by Gasteiger charge is -2.56. The Hall–Kier alpha value is -1.06. The van der Waals surface area contributed by atoms with E-state index in [2.05, 4.69) is 13.0 Å². The molecule has 1 aromatic rings. The zero-order valence-corrected chi connectivity index (χ0v) is 13.8. The van der Waals surface area contributed by atoms with E-state index in [1.165, 1.54) is 11.1 Å². The molecule has 0 saturated heterocycles. The normalized spacial score (nSPS) is 50.3. The third kappa shape index (κ3) is 1.41. The molecular formula is C20H26O3. The van der Waals surface area contributed by atoms with Crippen LogP contribution in [-0.2, 0) is 6.42 Å². The Morgan fingerprint density at radius 3 is 2.74 bits per heavy atom. The number of hydrogen-bond donors (Lipinski definition) is 3. The topological polar surface area (TPSA) is 60.7 Å². The fourth-order valence-corrected chi connectivity index (χ4v) is 7.34. The molecule has 3 N–H and O–H groups in total. The summed E-state index contributed by atoms with van der Waals surface area (Å²) >= 11 is 0. The second-order valence-corrected chi connectivity index (χ2v) is 8.81. The predicted molar refractivity (Wildman–Crippen MR) is 87.2 cm³/mol. The Morgan fingerprint density at radius 1 is 1.13 bits per heavy atom. The van der Waals surface area contributed by atoms with Gasteiger partial charge in [0.2, 0.25) is 0 Å². The number of aromatic hydroxyl groups is 1. The first-order chi connectivity index (χ1) is 10.9. The van der Waals surface area contributed by atoms with E-state index in [0.717, 1.165) is 44.9 Å². The van der Waals surface area contributed by atoms with E-state index in [9.17, 15) is 15.3 Å². The van der Waals surface area contributed by atoms with E-state index in [-0.39, 0.29) is 10.8 Å². The van der Waals surface area contributed by atoms with Crippen molar-refractivity contribution >= 4 is 0 Å². The number of phenolic OH excluding ortho intramolecular Hbond substituents is 1. The maximum absolute atomic E-state index is 11.2. The summed E-state index contributed by atoms with van der Waals surface area (Å²) in [5.74, 6) is 1.46. The molecule has 6 atom stereocenters. The lowest BCUT2D eigenvalue weighted by molar-refractivity contribution is -0.129. The van der Waals surface area contributed by atoms with Crippen molar-refractivity contribution in [1.29, 1.82) is 0 Å². The van der Waals surface area contributed by atoms with Gasteiger partial charge in [-0.25, -0.2) is 0 Å². The van der Waals surface area contributed by atoms with E-state index in [1.807, 2.05) is 12.1 Å². The van der Waals surface area contributed by atoms with Gasteiger partial charge in [-0.1, -0.05) is 13.0 Å². The Morgan fingerprint density at radius 2 is 1.96 bits per heavy atom. The maximum atomic E-state index is 11.2. The first kappa shape index (κ1) is 14.3. The van der Waals surface area contributed by atoms with Crippen molar-refractivity contribution in [3.05, 3.63) is 29.3 Å². The summed E-state index contributed by atoms with van der Waals surface area (Å²) in [4.78, 5) is 0. The Kier molecular flexibility index (Phi) is 2.56. The van der Waals surface area contributed by atoms with Crippen LogP contribution in [0.25, 0.3) is 0 Å².